The van der Waals surface area contributed by atoms with Crippen LogP contribution in [0.25, 0.3) is 0 Å². The first-order chi connectivity index (χ1) is 16.9. The van der Waals surface area contributed by atoms with E-state index < -0.39 is 6.09 Å². The zero-order valence-electron chi connectivity index (χ0n) is 20.6. The summed E-state index contributed by atoms with van der Waals surface area (Å²) in [6, 6.07) is 14.2. The van der Waals surface area contributed by atoms with Crippen LogP contribution in [0.5, 0.6) is 5.75 Å². The fourth-order valence-corrected chi connectivity index (χ4v) is 4.61. The molecule has 2 N–H and O–H groups in total. The molecular weight excluding hydrogens is 464 g/mol. The number of halogens is 1. The standard InChI is InChI=1S/C28H37ClN2O4/c1-2-3-4-5-8-26(35-28(30)33)19-31-16-14-21(15-17-31)20-34-25-9-6-7-23(18-25)27(32)22-10-12-24(29)13-11-22/h6-7,9-13,18,21,26H,2-5,8,14-17,19-20H2,1H3,(H2,30,33)/t26-/m1/s1. The molecule has 0 bridgehead atoms. The molecule has 1 aliphatic rings. The molecule has 7 heteroatoms. The van der Waals surface area contributed by atoms with Gasteiger partial charge in [0, 0.05) is 22.7 Å². The molecule has 2 aromatic carbocycles. The maximum Gasteiger partial charge on any atom is 0.404 e. The number of benzene rings is 2. The van der Waals surface area contributed by atoms with Gasteiger partial charge in [0.05, 0.1) is 6.61 Å². The highest BCUT2D eigenvalue weighted by Gasteiger charge is 2.23. The second-order valence-corrected chi connectivity index (χ2v) is 9.76. The lowest BCUT2D eigenvalue weighted by Gasteiger charge is -2.33. The van der Waals surface area contributed by atoms with Crippen LogP contribution in [0.4, 0.5) is 4.79 Å². The van der Waals surface area contributed by atoms with Crippen LogP contribution < -0.4 is 10.5 Å². The maximum atomic E-state index is 12.8. The summed E-state index contributed by atoms with van der Waals surface area (Å²) in [5, 5.41) is 0.604. The van der Waals surface area contributed by atoms with Gasteiger partial charge in [-0.25, -0.2) is 4.79 Å². The zero-order valence-corrected chi connectivity index (χ0v) is 21.3. The van der Waals surface area contributed by atoms with Crippen LogP contribution in [0.1, 0.15) is 67.8 Å². The molecule has 1 amide bonds. The Bertz CT molecular complexity index is 942. The highest BCUT2D eigenvalue weighted by molar-refractivity contribution is 6.30. The minimum absolute atomic E-state index is 0.0529. The van der Waals surface area contributed by atoms with Crippen molar-refractivity contribution in [1.29, 1.82) is 0 Å². The monoisotopic (exact) mass is 500 g/mol. The van der Waals surface area contributed by atoms with Gasteiger partial charge in [-0.1, -0.05) is 49.9 Å². The molecule has 35 heavy (non-hydrogen) atoms. The van der Waals surface area contributed by atoms with Crippen LogP contribution in [0, 0.1) is 5.92 Å². The van der Waals surface area contributed by atoms with Crippen molar-refractivity contribution in [2.75, 3.05) is 26.2 Å². The summed E-state index contributed by atoms with van der Waals surface area (Å²) in [6.07, 6.45) is 6.65. The maximum absolute atomic E-state index is 12.8. The Morgan fingerprint density at radius 3 is 2.49 bits per heavy atom. The van der Waals surface area contributed by atoms with E-state index in [9.17, 15) is 9.59 Å². The fourth-order valence-electron chi connectivity index (χ4n) is 4.48. The van der Waals surface area contributed by atoms with Gasteiger partial charge >= 0.3 is 6.09 Å². The molecule has 2 aromatic rings. The number of piperidine rings is 1. The van der Waals surface area contributed by atoms with Crippen molar-refractivity contribution in [2.24, 2.45) is 11.7 Å². The second kappa shape index (κ2) is 14.1. The molecule has 1 saturated heterocycles. The van der Waals surface area contributed by atoms with E-state index >= 15 is 0 Å². The van der Waals surface area contributed by atoms with Crippen LogP contribution >= 0.6 is 11.6 Å². The van der Waals surface area contributed by atoms with Crippen molar-refractivity contribution in [1.82, 2.24) is 4.90 Å². The number of nitrogens with zero attached hydrogens (tertiary/aromatic N) is 1. The Morgan fingerprint density at radius 1 is 1.06 bits per heavy atom. The van der Waals surface area contributed by atoms with Gasteiger partial charge in [0.2, 0.25) is 0 Å². The van der Waals surface area contributed by atoms with Gasteiger partial charge in [0.15, 0.2) is 5.78 Å². The molecule has 0 aliphatic carbocycles. The van der Waals surface area contributed by atoms with Crippen LogP contribution in [0.3, 0.4) is 0 Å². The van der Waals surface area contributed by atoms with E-state index in [1.165, 1.54) is 12.8 Å². The van der Waals surface area contributed by atoms with Gasteiger partial charge in [-0.3, -0.25) is 9.69 Å². The number of amides is 1. The van der Waals surface area contributed by atoms with E-state index in [4.69, 9.17) is 26.8 Å². The zero-order chi connectivity index (χ0) is 25.0. The summed E-state index contributed by atoms with van der Waals surface area (Å²) in [7, 11) is 0. The number of primary amides is 1. The summed E-state index contributed by atoms with van der Waals surface area (Å²) in [5.74, 6) is 1.10. The molecule has 0 spiro atoms. The Morgan fingerprint density at radius 2 is 1.80 bits per heavy atom. The van der Waals surface area contributed by atoms with Crippen molar-refractivity contribution in [3.63, 3.8) is 0 Å². The highest BCUT2D eigenvalue weighted by Crippen LogP contribution is 2.23. The molecule has 0 unspecified atom stereocenters. The first-order valence-electron chi connectivity index (χ1n) is 12.7. The number of nitrogens with two attached hydrogens (primary N) is 1. The second-order valence-electron chi connectivity index (χ2n) is 9.33. The van der Waals surface area contributed by atoms with Gasteiger partial charge < -0.3 is 15.2 Å². The fraction of sp³-hybridized carbons (Fsp3) is 0.500. The number of carbonyl (C=O) groups is 2. The number of hydrogen-bond acceptors (Lipinski definition) is 5. The van der Waals surface area contributed by atoms with Crippen LogP contribution in [0.2, 0.25) is 5.02 Å². The average Bonchev–Trinajstić information content (AvgIpc) is 2.86. The predicted molar refractivity (Wildman–Crippen MR) is 139 cm³/mol. The number of likely N-dealkylation sites (tertiary alicyclic amines) is 1. The summed E-state index contributed by atoms with van der Waals surface area (Å²) >= 11 is 5.93. The van der Waals surface area contributed by atoms with Crippen LogP contribution in [-0.4, -0.2) is 49.1 Å². The average molecular weight is 501 g/mol. The lowest BCUT2D eigenvalue weighted by atomic mass is 9.97. The lowest BCUT2D eigenvalue weighted by molar-refractivity contribution is 0.0537. The number of ketones is 1. The van der Waals surface area contributed by atoms with Gasteiger partial charge in [-0.2, -0.15) is 0 Å². The first kappa shape index (κ1) is 27.0. The molecule has 1 fully saturated rings. The lowest BCUT2D eigenvalue weighted by Crippen LogP contribution is -2.41. The van der Waals surface area contributed by atoms with Crippen molar-refractivity contribution in [3.8, 4) is 5.75 Å². The molecule has 6 nitrogen and oxygen atoms in total. The van der Waals surface area contributed by atoms with Gasteiger partial charge in [0.1, 0.15) is 11.9 Å². The Balaban J connectivity index is 1.44. The third kappa shape index (κ3) is 9.19. The number of unbranched alkanes of at least 4 members (excludes halogenated alkanes) is 3. The topological polar surface area (TPSA) is 81.9 Å². The van der Waals surface area contributed by atoms with E-state index in [1.54, 1.807) is 36.4 Å². The Kier molecular flexibility index (Phi) is 10.9. The third-order valence-corrected chi connectivity index (χ3v) is 6.77. The molecular formula is C28H37ClN2O4. The smallest absolute Gasteiger partial charge is 0.404 e. The molecule has 1 aliphatic heterocycles. The van der Waals surface area contributed by atoms with Crippen molar-refractivity contribution < 1.29 is 19.1 Å². The van der Waals surface area contributed by atoms with Crippen molar-refractivity contribution in [2.45, 2.75) is 58.0 Å². The molecule has 190 valence electrons. The van der Waals surface area contributed by atoms with E-state index in [0.29, 0.717) is 34.4 Å². The van der Waals surface area contributed by atoms with Crippen LogP contribution in [-0.2, 0) is 4.74 Å². The van der Waals surface area contributed by atoms with Gasteiger partial charge in [0.25, 0.3) is 0 Å². The Labute approximate surface area is 213 Å². The summed E-state index contributed by atoms with van der Waals surface area (Å²) in [6.45, 7) is 5.42. The van der Waals surface area contributed by atoms with E-state index in [1.807, 2.05) is 12.1 Å². The van der Waals surface area contributed by atoms with E-state index in [0.717, 1.165) is 51.7 Å². The normalized spacial score (nSPS) is 15.5. The van der Waals surface area contributed by atoms with Gasteiger partial charge in [-0.15, -0.1) is 0 Å². The Hall–Kier alpha value is -2.57. The van der Waals surface area contributed by atoms with Crippen LogP contribution in [0.15, 0.2) is 48.5 Å². The first-order valence-corrected chi connectivity index (χ1v) is 13.0. The van der Waals surface area contributed by atoms with Crippen molar-refractivity contribution >= 4 is 23.5 Å². The molecule has 0 radical (unpaired) electrons. The van der Waals surface area contributed by atoms with E-state index in [2.05, 4.69) is 11.8 Å². The number of rotatable bonds is 13. The predicted octanol–water partition coefficient (Wildman–Crippen LogP) is 6.10. The molecule has 0 saturated carbocycles. The summed E-state index contributed by atoms with van der Waals surface area (Å²) in [5.41, 5.74) is 6.49. The third-order valence-electron chi connectivity index (χ3n) is 6.52. The summed E-state index contributed by atoms with van der Waals surface area (Å²) < 4.78 is 11.4. The molecule has 0 aromatic heterocycles. The summed E-state index contributed by atoms with van der Waals surface area (Å²) in [4.78, 5) is 26.4. The minimum Gasteiger partial charge on any atom is -0.493 e. The number of ether oxygens (including phenoxy) is 2. The molecule has 1 atom stereocenters. The quantitative estimate of drug-likeness (QED) is 0.265. The van der Waals surface area contributed by atoms with Gasteiger partial charge in [-0.05, 0) is 81.1 Å². The number of hydrogen-bond donors (Lipinski definition) is 1. The van der Waals surface area contributed by atoms with E-state index in [-0.39, 0.29) is 11.9 Å². The molecule has 3 rings (SSSR count). The van der Waals surface area contributed by atoms with Crippen molar-refractivity contribution in [3.05, 3.63) is 64.7 Å². The molecule has 1 heterocycles. The minimum atomic E-state index is -0.689. The largest absolute Gasteiger partial charge is 0.493 e. The highest BCUT2D eigenvalue weighted by atomic mass is 35.5. The number of carbonyl (C=O) groups excluding carboxylic acids is 2. The SMILES string of the molecule is CCCCCC[C@H](CN1CCC(COc2cccc(C(=O)c3ccc(Cl)cc3)c2)CC1)OC(N)=O.